The molecule has 7 heteroatoms. The zero-order valence-electron chi connectivity index (χ0n) is 12.3. The van der Waals surface area contributed by atoms with Crippen molar-refractivity contribution in [1.29, 1.82) is 0 Å². The number of fused-ring (bicyclic) bond motifs is 1. The molecule has 1 atom stereocenters. The number of nitrogens with one attached hydrogen (secondary N) is 1. The van der Waals surface area contributed by atoms with E-state index in [1.807, 2.05) is 29.8 Å². The number of aromatic nitrogens is 2. The lowest BCUT2D eigenvalue weighted by atomic mass is 9.98. The van der Waals surface area contributed by atoms with Crippen LogP contribution in [0.1, 0.15) is 27.2 Å². The third-order valence-corrected chi connectivity index (χ3v) is 4.93. The highest BCUT2D eigenvalue weighted by atomic mass is 127. The molecular weight excluding hydrogens is 410 g/mol. The topological polar surface area (TPSA) is 50.2 Å². The molecule has 1 aromatic heterocycles. The van der Waals surface area contributed by atoms with Gasteiger partial charge >= 0.3 is 0 Å². The zero-order chi connectivity index (χ0) is 15.7. The van der Waals surface area contributed by atoms with Gasteiger partial charge in [0.15, 0.2) is 5.82 Å². The average molecular weight is 428 g/mol. The minimum atomic E-state index is -0.103. The number of nitrogens with zero attached hydrogens (tertiary/aromatic N) is 3. The van der Waals surface area contributed by atoms with Crippen LogP contribution in [0.15, 0.2) is 24.3 Å². The van der Waals surface area contributed by atoms with E-state index in [4.69, 9.17) is 0 Å². The lowest BCUT2D eigenvalue weighted by Gasteiger charge is -2.24. The van der Waals surface area contributed by atoms with E-state index in [1.54, 1.807) is 0 Å². The fourth-order valence-corrected chi connectivity index (χ4v) is 3.61. The van der Waals surface area contributed by atoms with Gasteiger partial charge in [0.2, 0.25) is 0 Å². The van der Waals surface area contributed by atoms with Crippen molar-refractivity contribution in [3.05, 3.63) is 46.6 Å². The van der Waals surface area contributed by atoms with Crippen molar-refractivity contribution >= 4 is 43.7 Å². The van der Waals surface area contributed by atoms with Crippen LogP contribution >= 0.6 is 32.0 Å². The molecule has 22 heavy (non-hydrogen) atoms. The maximum Gasteiger partial charge on any atom is 0.256 e. The quantitative estimate of drug-likeness (QED) is 0.465. The summed E-state index contributed by atoms with van der Waals surface area (Å²) in [6.45, 7) is 3.90. The normalized spacial score (nSPS) is 14.7. The molecule has 1 aliphatic heterocycles. The number of amides is 1. The van der Waals surface area contributed by atoms with Crippen LogP contribution in [0.2, 0.25) is 0 Å². The second-order valence-electron chi connectivity index (χ2n) is 5.45. The van der Waals surface area contributed by atoms with E-state index in [0.29, 0.717) is 11.4 Å². The predicted molar refractivity (Wildman–Crippen MR) is 99.2 cm³/mol. The molecular formula is C15H18IN4OP. The number of anilines is 1. The Morgan fingerprint density at radius 3 is 2.95 bits per heavy atom. The summed E-state index contributed by atoms with van der Waals surface area (Å²) in [5.41, 5.74) is 4.29. The summed E-state index contributed by atoms with van der Waals surface area (Å²) in [4.78, 5) is 12.4. The van der Waals surface area contributed by atoms with Gasteiger partial charge in [0.25, 0.3) is 5.91 Å². The monoisotopic (exact) mass is 428 g/mol. The summed E-state index contributed by atoms with van der Waals surface area (Å²) >= 11 is 2.24. The Bertz CT molecular complexity index is 716. The number of carbonyl (C=O) groups is 1. The molecule has 1 amide bonds. The van der Waals surface area contributed by atoms with Crippen molar-refractivity contribution in [2.45, 2.75) is 24.4 Å². The molecule has 0 radical (unpaired) electrons. The van der Waals surface area contributed by atoms with Gasteiger partial charge in [-0.25, -0.2) is 0 Å². The van der Waals surface area contributed by atoms with Crippen molar-refractivity contribution < 1.29 is 4.79 Å². The number of hydrogen-bond donors (Lipinski definition) is 1. The largest absolute Gasteiger partial charge is 0.305 e. The molecule has 3 rings (SSSR count). The van der Waals surface area contributed by atoms with Crippen LogP contribution in [0.4, 0.5) is 5.82 Å². The molecule has 0 aliphatic carbocycles. The number of hydrogen-bond acceptors (Lipinski definition) is 3. The van der Waals surface area contributed by atoms with Gasteiger partial charge in [0.05, 0.1) is 4.55 Å². The van der Waals surface area contributed by atoms with Crippen molar-refractivity contribution in [3.63, 3.8) is 0 Å². The molecule has 1 aromatic carbocycles. The fraction of sp³-hybridized carbons (Fsp3) is 0.333. The van der Waals surface area contributed by atoms with E-state index in [1.165, 1.54) is 11.1 Å². The zero-order valence-corrected chi connectivity index (χ0v) is 15.7. The van der Waals surface area contributed by atoms with Crippen molar-refractivity contribution in [3.8, 4) is 0 Å². The Labute approximate surface area is 145 Å². The van der Waals surface area contributed by atoms with Crippen molar-refractivity contribution in [2.75, 3.05) is 11.9 Å². The fourth-order valence-electron chi connectivity index (χ4n) is 2.60. The van der Waals surface area contributed by atoms with Crippen LogP contribution in [0, 0.1) is 6.92 Å². The Hall–Kier alpha value is -0.980. The van der Waals surface area contributed by atoms with Gasteiger partial charge < -0.3 is 5.32 Å². The summed E-state index contributed by atoms with van der Waals surface area (Å²) in [6, 6.07) is 7.83. The van der Waals surface area contributed by atoms with E-state index < -0.39 is 0 Å². The van der Waals surface area contributed by atoms with Crippen LogP contribution in [-0.2, 0) is 17.5 Å². The van der Waals surface area contributed by atoms with E-state index in [2.05, 4.69) is 53.1 Å². The van der Waals surface area contributed by atoms with Gasteiger partial charge in [-0.1, -0.05) is 38.0 Å². The van der Waals surface area contributed by atoms with Crippen LogP contribution in [0.3, 0.4) is 0 Å². The summed E-state index contributed by atoms with van der Waals surface area (Å²) in [5.74, 6) is 0.502. The van der Waals surface area contributed by atoms with E-state index >= 15 is 0 Å². The molecule has 2 aromatic rings. The van der Waals surface area contributed by atoms with Crippen LogP contribution in [0.5, 0.6) is 0 Å². The van der Waals surface area contributed by atoms with Gasteiger partial charge in [0.1, 0.15) is 0 Å². The standard InChI is InChI=1S/C15H18IN4OP/c1-10-6-14(18-20(10)9-16)17-15(21)12-2-3-13-8-19(22)5-4-11(13)7-12/h2-3,6-7H,4-5,8-9,22H2,1H3,(H,17,18,21). The van der Waals surface area contributed by atoms with E-state index in [0.717, 1.165) is 29.8 Å². The molecule has 1 N–H and O–H groups in total. The molecule has 0 saturated carbocycles. The highest BCUT2D eigenvalue weighted by Crippen LogP contribution is 2.22. The van der Waals surface area contributed by atoms with Gasteiger partial charge in [-0.05, 0) is 36.6 Å². The number of benzene rings is 1. The average Bonchev–Trinajstić information content (AvgIpc) is 2.86. The first-order chi connectivity index (χ1) is 10.6. The molecule has 0 bridgehead atoms. The lowest BCUT2D eigenvalue weighted by Crippen LogP contribution is -2.22. The first-order valence-electron chi connectivity index (χ1n) is 7.10. The highest BCUT2D eigenvalue weighted by Gasteiger charge is 2.16. The maximum absolute atomic E-state index is 12.4. The Balaban J connectivity index is 1.77. The molecule has 0 spiro atoms. The van der Waals surface area contributed by atoms with Crippen LogP contribution < -0.4 is 5.32 Å². The first-order valence-corrected chi connectivity index (χ1v) is 9.14. The smallest absolute Gasteiger partial charge is 0.256 e. The molecule has 0 fully saturated rings. The van der Waals surface area contributed by atoms with Gasteiger partial charge in [-0.2, -0.15) is 5.10 Å². The molecule has 2 heterocycles. The predicted octanol–water partition coefficient (Wildman–Crippen LogP) is 2.98. The molecule has 5 nitrogen and oxygen atoms in total. The Morgan fingerprint density at radius 1 is 1.41 bits per heavy atom. The summed E-state index contributed by atoms with van der Waals surface area (Å²) in [6.07, 6.45) is 0.975. The van der Waals surface area contributed by atoms with E-state index in [-0.39, 0.29) is 5.91 Å². The number of rotatable bonds is 3. The molecule has 116 valence electrons. The SMILES string of the molecule is Cc1cc(NC(=O)c2ccc3c(c2)CCN(P)C3)nn1CI. The minimum absolute atomic E-state index is 0.103. The number of aryl methyl sites for hydroxylation is 1. The van der Waals surface area contributed by atoms with Crippen LogP contribution in [0.25, 0.3) is 0 Å². The van der Waals surface area contributed by atoms with E-state index in [9.17, 15) is 4.79 Å². The number of carbonyl (C=O) groups excluding carboxylic acids is 1. The third-order valence-electron chi connectivity index (χ3n) is 3.85. The molecule has 1 aliphatic rings. The minimum Gasteiger partial charge on any atom is -0.305 e. The van der Waals surface area contributed by atoms with Gasteiger partial charge in [0, 0.05) is 30.4 Å². The maximum atomic E-state index is 12.4. The number of alkyl halides is 1. The Kier molecular flexibility index (Phi) is 4.80. The summed E-state index contributed by atoms with van der Waals surface area (Å²) < 4.78 is 4.84. The Morgan fingerprint density at radius 2 is 2.23 bits per heavy atom. The number of halogens is 1. The van der Waals surface area contributed by atoms with Crippen LogP contribution in [-0.4, -0.2) is 26.9 Å². The van der Waals surface area contributed by atoms with Gasteiger partial charge in [-0.15, -0.1) is 0 Å². The second kappa shape index (κ2) is 6.64. The molecule has 1 unspecified atom stereocenters. The first kappa shape index (κ1) is 15.9. The summed E-state index contributed by atoms with van der Waals surface area (Å²) in [5, 5.41) is 7.24. The van der Waals surface area contributed by atoms with Gasteiger partial charge in [-0.3, -0.25) is 14.1 Å². The summed E-state index contributed by atoms with van der Waals surface area (Å²) in [7, 11) is 2.74. The second-order valence-corrected chi connectivity index (χ2v) is 6.86. The molecule has 0 saturated heterocycles. The third kappa shape index (κ3) is 3.34. The van der Waals surface area contributed by atoms with Crippen molar-refractivity contribution in [2.24, 2.45) is 0 Å². The van der Waals surface area contributed by atoms with Crippen molar-refractivity contribution in [1.82, 2.24) is 14.5 Å². The lowest BCUT2D eigenvalue weighted by molar-refractivity contribution is 0.102. The highest BCUT2D eigenvalue weighted by molar-refractivity contribution is 14.1.